The zero-order valence-electron chi connectivity index (χ0n) is 13.9. The van der Waals surface area contributed by atoms with Crippen LogP contribution < -0.4 is 4.90 Å². The standard InChI is InChI=1S/C17H20ClFN4S/c1-3-24-16-21-13-11-10(20-14(18)12(13)19)6-8-17(2)7-4-5-9-23(17)15(11)22-16/h3-9H2,1-2H3. The lowest BCUT2D eigenvalue weighted by atomic mass is 9.85. The molecule has 0 amide bonds. The quantitative estimate of drug-likeness (QED) is 0.440. The number of fused-ring (bicyclic) bond motifs is 2. The van der Waals surface area contributed by atoms with E-state index < -0.39 is 5.82 Å². The maximum Gasteiger partial charge on any atom is 0.190 e. The van der Waals surface area contributed by atoms with Crippen molar-refractivity contribution in [1.82, 2.24) is 15.0 Å². The topological polar surface area (TPSA) is 41.9 Å². The predicted octanol–water partition coefficient (Wildman–Crippen LogP) is 4.62. The van der Waals surface area contributed by atoms with E-state index in [1.165, 1.54) is 18.2 Å². The Morgan fingerprint density at radius 1 is 1.25 bits per heavy atom. The number of aryl methyl sites for hydroxylation is 1. The minimum Gasteiger partial charge on any atom is -0.351 e. The van der Waals surface area contributed by atoms with Crippen molar-refractivity contribution in [2.45, 2.75) is 56.6 Å². The lowest BCUT2D eigenvalue weighted by molar-refractivity contribution is 0.314. The van der Waals surface area contributed by atoms with Crippen LogP contribution in [0.3, 0.4) is 0 Å². The highest BCUT2D eigenvalue weighted by Gasteiger charge is 2.39. The van der Waals surface area contributed by atoms with Crippen molar-refractivity contribution >= 4 is 40.1 Å². The highest BCUT2D eigenvalue weighted by Crippen LogP contribution is 2.43. The van der Waals surface area contributed by atoms with Crippen molar-refractivity contribution < 1.29 is 4.39 Å². The average molecular weight is 367 g/mol. The summed E-state index contributed by atoms with van der Waals surface area (Å²) in [5, 5.41) is 1.28. The second-order valence-electron chi connectivity index (χ2n) is 6.76. The molecule has 1 unspecified atom stereocenters. The number of hydrogen-bond donors (Lipinski definition) is 0. The Hall–Kier alpha value is -1.14. The Kier molecular flexibility index (Phi) is 4.07. The number of piperidine rings is 1. The lowest BCUT2D eigenvalue weighted by Gasteiger charge is -2.45. The van der Waals surface area contributed by atoms with Crippen molar-refractivity contribution in [1.29, 1.82) is 0 Å². The minimum absolute atomic E-state index is 0.0390. The van der Waals surface area contributed by atoms with Crippen molar-refractivity contribution in [2.24, 2.45) is 0 Å². The molecule has 0 aliphatic carbocycles. The van der Waals surface area contributed by atoms with Gasteiger partial charge in [-0.05, 0) is 44.8 Å². The molecule has 2 aromatic heterocycles. The third-order valence-electron chi connectivity index (χ3n) is 5.21. The Bertz CT molecular complexity index is 815. The average Bonchev–Trinajstić information content (AvgIpc) is 2.68. The van der Waals surface area contributed by atoms with Gasteiger partial charge in [0.25, 0.3) is 0 Å². The molecule has 1 atom stereocenters. The van der Waals surface area contributed by atoms with Crippen LogP contribution in [-0.2, 0) is 6.42 Å². The first-order valence-corrected chi connectivity index (χ1v) is 9.86. The molecule has 0 spiro atoms. The molecule has 1 saturated heterocycles. The van der Waals surface area contributed by atoms with Crippen LogP contribution in [0.15, 0.2) is 5.16 Å². The fraction of sp³-hybridized carbons (Fsp3) is 0.588. The number of hydrogen-bond acceptors (Lipinski definition) is 5. The van der Waals surface area contributed by atoms with Crippen molar-refractivity contribution in [3.05, 3.63) is 16.7 Å². The van der Waals surface area contributed by atoms with Crippen molar-refractivity contribution in [3.63, 3.8) is 0 Å². The number of rotatable bonds is 2. The molecule has 2 aromatic rings. The normalized spacial score (nSPS) is 23.2. The van der Waals surface area contributed by atoms with E-state index >= 15 is 0 Å². The zero-order valence-corrected chi connectivity index (χ0v) is 15.5. The summed E-state index contributed by atoms with van der Waals surface area (Å²) in [4.78, 5) is 16.0. The molecular formula is C17H20ClFN4S. The third kappa shape index (κ3) is 2.46. The van der Waals surface area contributed by atoms with E-state index in [1.54, 1.807) is 0 Å². The molecule has 0 N–H and O–H groups in total. The summed E-state index contributed by atoms with van der Waals surface area (Å²) >= 11 is 7.58. The number of thioether (sulfide) groups is 1. The minimum atomic E-state index is -0.530. The molecule has 0 saturated carbocycles. The summed E-state index contributed by atoms with van der Waals surface area (Å²) in [7, 11) is 0. The summed E-state index contributed by atoms with van der Waals surface area (Å²) in [5.41, 5.74) is 1.19. The summed E-state index contributed by atoms with van der Waals surface area (Å²) in [6.07, 6.45) is 5.23. The first kappa shape index (κ1) is 16.3. The van der Waals surface area contributed by atoms with Crippen LogP contribution >= 0.6 is 23.4 Å². The Morgan fingerprint density at radius 3 is 2.88 bits per heavy atom. The molecule has 2 aliphatic heterocycles. The van der Waals surface area contributed by atoms with Gasteiger partial charge in [-0.2, -0.15) is 0 Å². The van der Waals surface area contributed by atoms with E-state index in [0.717, 1.165) is 54.9 Å². The van der Waals surface area contributed by atoms with E-state index in [2.05, 4.69) is 21.8 Å². The summed E-state index contributed by atoms with van der Waals surface area (Å²) in [6.45, 7) is 5.28. The van der Waals surface area contributed by atoms with Crippen LogP contribution in [0.5, 0.6) is 0 Å². The molecule has 0 radical (unpaired) electrons. The molecule has 24 heavy (non-hydrogen) atoms. The lowest BCUT2D eigenvalue weighted by Crippen LogP contribution is -2.50. The van der Waals surface area contributed by atoms with Crippen LogP contribution in [0.2, 0.25) is 5.15 Å². The summed E-state index contributed by atoms with van der Waals surface area (Å²) in [5.74, 6) is 1.15. The molecule has 0 bridgehead atoms. The number of nitrogens with zero attached hydrogens (tertiary/aromatic N) is 4. The smallest absolute Gasteiger partial charge is 0.190 e. The highest BCUT2D eigenvalue weighted by molar-refractivity contribution is 7.99. The maximum atomic E-state index is 14.7. The van der Waals surface area contributed by atoms with E-state index in [1.807, 2.05) is 6.92 Å². The van der Waals surface area contributed by atoms with Gasteiger partial charge in [0.1, 0.15) is 11.3 Å². The van der Waals surface area contributed by atoms with Gasteiger partial charge in [-0.15, -0.1) is 0 Å². The van der Waals surface area contributed by atoms with Gasteiger partial charge in [0.15, 0.2) is 16.1 Å². The second-order valence-corrected chi connectivity index (χ2v) is 8.34. The molecule has 128 valence electrons. The van der Waals surface area contributed by atoms with Crippen molar-refractivity contribution in [2.75, 3.05) is 17.2 Å². The number of pyridine rings is 1. The predicted molar refractivity (Wildman–Crippen MR) is 96.6 cm³/mol. The van der Waals surface area contributed by atoms with Gasteiger partial charge in [0.05, 0.1) is 11.1 Å². The van der Waals surface area contributed by atoms with Gasteiger partial charge in [-0.1, -0.05) is 30.3 Å². The first-order valence-electron chi connectivity index (χ1n) is 8.49. The fourth-order valence-electron chi connectivity index (χ4n) is 3.93. The third-order valence-corrected chi connectivity index (χ3v) is 6.19. The SMILES string of the molecule is CCSc1nc2c3c(nc(Cl)c(F)c3n1)CCC1(C)CCCCN21. The number of aromatic nitrogens is 3. The molecule has 4 nitrogen and oxygen atoms in total. The summed E-state index contributed by atoms with van der Waals surface area (Å²) < 4.78 is 14.7. The second kappa shape index (κ2) is 5.99. The van der Waals surface area contributed by atoms with Crippen LogP contribution in [0.1, 0.15) is 45.2 Å². The van der Waals surface area contributed by atoms with Gasteiger partial charge in [0.2, 0.25) is 0 Å². The van der Waals surface area contributed by atoms with Crippen LogP contribution in [0.4, 0.5) is 10.2 Å². The molecule has 2 aliphatic rings. The van der Waals surface area contributed by atoms with Gasteiger partial charge < -0.3 is 4.90 Å². The van der Waals surface area contributed by atoms with E-state index in [-0.39, 0.29) is 10.7 Å². The van der Waals surface area contributed by atoms with E-state index in [4.69, 9.17) is 16.6 Å². The van der Waals surface area contributed by atoms with Gasteiger partial charge in [-0.3, -0.25) is 0 Å². The monoisotopic (exact) mass is 366 g/mol. The molecule has 4 heterocycles. The zero-order chi connectivity index (χ0) is 16.9. The molecule has 0 aromatic carbocycles. The van der Waals surface area contributed by atoms with Gasteiger partial charge in [0, 0.05) is 12.1 Å². The summed E-state index contributed by atoms with van der Waals surface area (Å²) in [6, 6.07) is 0. The van der Waals surface area contributed by atoms with Gasteiger partial charge >= 0.3 is 0 Å². The fourth-order valence-corrected chi connectivity index (χ4v) is 4.69. The first-order chi connectivity index (χ1) is 11.5. The van der Waals surface area contributed by atoms with Crippen molar-refractivity contribution in [3.8, 4) is 0 Å². The van der Waals surface area contributed by atoms with E-state index in [0.29, 0.717) is 10.7 Å². The molecular weight excluding hydrogens is 347 g/mol. The molecule has 1 fully saturated rings. The Labute approximate surface area is 150 Å². The highest BCUT2D eigenvalue weighted by atomic mass is 35.5. The number of anilines is 1. The van der Waals surface area contributed by atoms with Crippen LogP contribution in [-0.4, -0.2) is 32.8 Å². The molecule has 4 rings (SSSR count). The maximum absolute atomic E-state index is 14.7. The largest absolute Gasteiger partial charge is 0.351 e. The van der Waals surface area contributed by atoms with Crippen LogP contribution in [0, 0.1) is 5.82 Å². The molecule has 7 heteroatoms. The van der Waals surface area contributed by atoms with E-state index in [9.17, 15) is 4.39 Å². The Morgan fingerprint density at radius 2 is 2.08 bits per heavy atom. The Balaban J connectivity index is 2.04. The van der Waals surface area contributed by atoms with Gasteiger partial charge in [-0.25, -0.2) is 19.3 Å². The number of halogens is 2. The van der Waals surface area contributed by atoms with Crippen LogP contribution in [0.25, 0.3) is 10.9 Å².